The van der Waals surface area contributed by atoms with Gasteiger partial charge in [-0.05, 0) is 89.7 Å². The molecule has 0 bridgehead atoms. The van der Waals surface area contributed by atoms with Crippen LogP contribution in [0.1, 0.15) is 17.7 Å². The molecule has 0 atom stereocenters. The Hall–Kier alpha value is -6.78. The van der Waals surface area contributed by atoms with Gasteiger partial charge in [0.25, 0.3) is 0 Å². The Morgan fingerprint density at radius 3 is 1.60 bits per heavy atom. The summed E-state index contributed by atoms with van der Waals surface area (Å²) in [5, 5.41) is 7.41. The highest BCUT2D eigenvalue weighted by Gasteiger charge is 2.26. The zero-order valence-corrected chi connectivity index (χ0v) is 27.9. The molecule has 4 nitrogen and oxygen atoms in total. The molecule has 4 heteroatoms. The molecule has 1 aliphatic rings. The minimum atomic E-state index is 0.833. The normalized spacial score (nSPS) is 13.2. The molecule has 0 amide bonds. The van der Waals surface area contributed by atoms with Crippen molar-refractivity contribution < 1.29 is 17.7 Å². The molecular weight excluding hydrogens is 641 g/mol. The second-order valence-electron chi connectivity index (χ2n) is 13.8. The maximum Gasteiger partial charge on any atom is 0.144 e. The summed E-state index contributed by atoms with van der Waals surface area (Å²) in [6.07, 6.45) is 6.20. The summed E-state index contributed by atoms with van der Waals surface area (Å²) in [5.41, 5.74) is 13.6. The van der Waals surface area contributed by atoms with Crippen LogP contribution in [0.4, 0.5) is 0 Å². The van der Waals surface area contributed by atoms with E-state index in [1.807, 2.05) is 36.4 Å². The average Bonchev–Trinajstić information content (AvgIpc) is 3.96. The first-order valence-electron chi connectivity index (χ1n) is 17.8. The number of allylic oxidation sites excluding steroid dienone is 1. The van der Waals surface area contributed by atoms with Gasteiger partial charge in [0.15, 0.2) is 0 Å². The van der Waals surface area contributed by atoms with Crippen LogP contribution < -0.4 is 0 Å². The van der Waals surface area contributed by atoms with E-state index in [9.17, 15) is 0 Å². The van der Waals surface area contributed by atoms with Crippen LogP contribution in [0.3, 0.4) is 0 Å². The molecule has 0 saturated carbocycles. The van der Waals surface area contributed by atoms with Crippen LogP contribution in [0.2, 0.25) is 0 Å². The summed E-state index contributed by atoms with van der Waals surface area (Å²) in [6.45, 7) is 0. The molecule has 0 fully saturated rings. The van der Waals surface area contributed by atoms with Crippen molar-refractivity contribution in [1.29, 1.82) is 0 Å². The molecule has 244 valence electrons. The smallest absolute Gasteiger partial charge is 0.144 e. The van der Waals surface area contributed by atoms with E-state index in [1.165, 1.54) is 5.56 Å². The highest BCUT2D eigenvalue weighted by molar-refractivity contribution is 6.24. The summed E-state index contributed by atoms with van der Waals surface area (Å²) in [6, 6.07) is 46.7. The fourth-order valence-corrected chi connectivity index (χ4v) is 8.65. The first-order chi connectivity index (χ1) is 25.8. The quantitative estimate of drug-likeness (QED) is 0.188. The highest BCUT2D eigenvalue weighted by atomic mass is 16.3. The number of furan rings is 4. The molecule has 0 spiro atoms. The molecule has 0 aliphatic heterocycles. The Bertz CT molecular complexity index is 3280. The van der Waals surface area contributed by atoms with Gasteiger partial charge in [-0.25, -0.2) is 0 Å². The molecule has 52 heavy (non-hydrogen) atoms. The van der Waals surface area contributed by atoms with Gasteiger partial charge in [-0.15, -0.1) is 0 Å². The van der Waals surface area contributed by atoms with Crippen LogP contribution in [0, 0.1) is 0 Å². The standard InChI is InChI=1S/C48H28O4/c1-2-12-27(13-3-1)28-22-29(43-45-33-16-6-10-20-39(33)49-41(45)25-35-31-14-4-8-18-37(31)51-47(35)43)24-30(23-28)44-46-34-17-7-11-21-40(34)50-42(46)26-36-32-15-5-9-19-38(32)52-48(36)44/h1-6,8-16,18-26H,7,17H2. The van der Waals surface area contributed by atoms with Crippen LogP contribution in [0.5, 0.6) is 0 Å². The van der Waals surface area contributed by atoms with Crippen molar-refractivity contribution in [2.45, 2.75) is 12.8 Å². The molecule has 12 rings (SSSR count). The Morgan fingerprint density at radius 2 is 0.923 bits per heavy atom. The molecule has 0 radical (unpaired) electrons. The zero-order chi connectivity index (χ0) is 33.9. The van der Waals surface area contributed by atoms with Crippen molar-refractivity contribution >= 4 is 82.9 Å². The topological polar surface area (TPSA) is 52.6 Å². The second kappa shape index (κ2) is 10.4. The number of aryl methyl sites for hydroxylation is 1. The van der Waals surface area contributed by atoms with E-state index in [0.29, 0.717) is 0 Å². The average molecular weight is 669 g/mol. The third-order valence-corrected chi connectivity index (χ3v) is 10.9. The van der Waals surface area contributed by atoms with Crippen LogP contribution in [-0.2, 0) is 6.42 Å². The van der Waals surface area contributed by atoms with E-state index in [4.69, 9.17) is 17.7 Å². The van der Waals surface area contributed by atoms with Gasteiger partial charge in [0.2, 0.25) is 0 Å². The Morgan fingerprint density at radius 1 is 0.385 bits per heavy atom. The maximum atomic E-state index is 6.83. The van der Waals surface area contributed by atoms with Crippen molar-refractivity contribution in [2.24, 2.45) is 0 Å². The lowest BCUT2D eigenvalue weighted by atomic mass is 9.88. The van der Waals surface area contributed by atoms with E-state index < -0.39 is 0 Å². The Kier molecular flexibility index (Phi) is 5.58. The zero-order valence-electron chi connectivity index (χ0n) is 27.9. The molecule has 4 heterocycles. The number of hydrogen-bond acceptors (Lipinski definition) is 4. The third kappa shape index (κ3) is 3.86. The molecular formula is C48H28O4. The van der Waals surface area contributed by atoms with Gasteiger partial charge in [-0.1, -0.05) is 91.0 Å². The second-order valence-corrected chi connectivity index (χ2v) is 13.8. The Balaban J connectivity index is 1.27. The monoisotopic (exact) mass is 668 g/mol. The van der Waals surface area contributed by atoms with Crippen LogP contribution in [0.25, 0.3) is 116 Å². The largest absolute Gasteiger partial charge is 0.456 e. The first-order valence-corrected chi connectivity index (χ1v) is 17.8. The third-order valence-electron chi connectivity index (χ3n) is 10.9. The summed E-state index contributed by atoms with van der Waals surface area (Å²) in [5.74, 6) is 0.928. The summed E-state index contributed by atoms with van der Waals surface area (Å²) < 4.78 is 26.9. The predicted octanol–water partition coefficient (Wildman–Crippen LogP) is 14.1. The van der Waals surface area contributed by atoms with Gasteiger partial charge in [0, 0.05) is 54.4 Å². The lowest BCUT2D eigenvalue weighted by Gasteiger charge is -2.14. The van der Waals surface area contributed by atoms with E-state index >= 15 is 0 Å². The van der Waals surface area contributed by atoms with Gasteiger partial charge in [0.05, 0.1) is 0 Å². The molecule has 4 aromatic heterocycles. The molecule has 11 aromatic rings. The molecule has 0 N–H and O–H groups in total. The predicted molar refractivity (Wildman–Crippen MR) is 212 cm³/mol. The van der Waals surface area contributed by atoms with Crippen LogP contribution in [-0.4, -0.2) is 0 Å². The molecule has 0 saturated heterocycles. The lowest BCUT2D eigenvalue weighted by molar-refractivity contribution is 0.595. The van der Waals surface area contributed by atoms with Crippen molar-refractivity contribution in [2.75, 3.05) is 0 Å². The van der Waals surface area contributed by atoms with Gasteiger partial charge in [0.1, 0.15) is 44.8 Å². The number of rotatable bonds is 3. The minimum Gasteiger partial charge on any atom is -0.456 e. The lowest BCUT2D eigenvalue weighted by Crippen LogP contribution is -1.93. The summed E-state index contributed by atoms with van der Waals surface area (Å²) in [7, 11) is 0. The fourth-order valence-electron chi connectivity index (χ4n) is 8.65. The number of benzene rings is 7. The molecule has 1 aliphatic carbocycles. The van der Waals surface area contributed by atoms with Crippen molar-refractivity contribution in [1.82, 2.24) is 0 Å². The van der Waals surface area contributed by atoms with E-state index in [-0.39, 0.29) is 0 Å². The van der Waals surface area contributed by atoms with Crippen LogP contribution in [0.15, 0.2) is 157 Å². The van der Waals surface area contributed by atoms with E-state index in [1.54, 1.807) is 0 Å². The van der Waals surface area contributed by atoms with Crippen molar-refractivity contribution in [3.05, 3.63) is 151 Å². The van der Waals surface area contributed by atoms with Crippen LogP contribution >= 0.6 is 0 Å². The number of hydrogen-bond donors (Lipinski definition) is 0. The molecule has 7 aromatic carbocycles. The highest BCUT2D eigenvalue weighted by Crippen LogP contribution is 2.49. The fraction of sp³-hybridized carbons (Fsp3) is 0.0417. The van der Waals surface area contributed by atoms with Gasteiger partial charge in [-0.2, -0.15) is 0 Å². The van der Waals surface area contributed by atoms with E-state index in [0.717, 1.165) is 129 Å². The summed E-state index contributed by atoms with van der Waals surface area (Å²) >= 11 is 0. The first kappa shape index (κ1) is 28.0. The SMILES string of the molecule is C1=Cc2oc3cc4c(oc5ccccc54)c(-c4cc(-c5ccccc5)cc(-c5c6oc7ccccc7c6cc6oc7ccccc7c56)c4)c3c2CC1. The van der Waals surface area contributed by atoms with Crippen molar-refractivity contribution in [3.8, 4) is 33.4 Å². The molecule has 0 unspecified atom stereocenters. The van der Waals surface area contributed by atoms with Gasteiger partial charge >= 0.3 is 0 Å². The number of fused-ring (bicyclic) bond motifs is 12. The van der Waals surface area contributed by atoms with Gasteiger partial charge < -0.3 is 17.7 Å². The maximum absolute atomic E-state index is 6.83. The van der Waals surface area contributed by atoms with Crippen molar-refractivity contribution in [3.63, 3.8) is 0 Å². The van der Waals surface area contributed by atoms with Gasteiger partial charge in [-0.3, -0.25) is 0 Å². The minimum absolute atomic E-state index is 0.833. The number of para-hydroxylation sites is 3. The Labute approximate surface area is 296 Å². The van der Waals surface area contributed by atoms with E-state index in [2.05, 4.69) is 109 Å². The summed E-state index contributed by atoms with van der Waals surface area (Å²) in [4.78, 5) is 0.